The third kappa shape index (κ3) is 2.94. The molecule has 0 saturated carbocycles. The van der Waals surface area contributed by atoms with Gasteiger partial charge in [-0.2, -0.15) is 0 Å². The molecule has 2 rings (SSSR count). The van der Waals surface area contributed by atoms with Gasteiger partial charge in [-0.15, -0.1) is 0 Å². The highest BCUT2D eigenvalue weighted by molar-refractivity contribution is 5.49. The van der Waals surface area contributed by atoms with Gasteiger partial charge in [-0.1, -0.05) is 0 Å². The quantitative estimate of drug-likeness (QED) is 0.909. The molecule has 1 fully saturated rings. The van der Waals surface area contributed by atoms with Gasteiger partial charge in [-0.3, -0.25) is 0 Å². The van der Waals surface area contributed by atoms with Crippen molar-refractivity contribution in [2.75, 3.05) is 44.4 Å². The molecule has 0 aromatic carbocycles. The lowest BCUT2D eigenvalue weighted by molar-refractivity contribution is 0.257. The van der Waals surface area contributed by atoms with E-state index in [2.05, 4.69) is 15.2 Å². The number of nitrogens with zero attached hydrogens (tertiary/aromatic N) is 3. The van der Waals surface area contributed by atoms with E-state index in [0.29, 0.717) is 12.6 Å². The first-order valence-corrected chi connectivity index (χ1v) is 6.48. The average molecular weight is 270 g/mol. The molecule has 1 saturated heterocycles. The third-order valence-corrected chi connectivity index (χ3v) is 3.57. The molecule has 0 spiro atoms. The van der Waals surface area contributed by atoms with Crippen molar-refractivity contribution < 1.29 is 8.78 Å². The summed E-state index contributed by atoms with van der Waals surface area (Å²) in [6, 6.07) is 1.27. The van der Waals surface area contributed by atoms with E-state index in [1.54, 1.807) is 7.05 Å². The minimum Gasteiger partial charge on any atom is -0.371 e. The number of hydrogen-bond donors (Lipinski definition) is 1. The Hall–Kier alpha value is -1.43. The maximum atomic E-state index is 13.9. The van der Waals surface area contributed by atoms with Crippen molar-refractivity contribution in [2.45, 2.75) is 18.9 Å². The fourth-order valence-corrected chi connectivity index (χ4v) is 2.42. The van der Waals surface area contributed by atoms with Crippen molar-refractivity contribution in [3.63, 3.8) is 0 Å². The van der Waals surface area contributed by atoms with Crippen LogP contribution in [0, 0.1) is 11.6 Å². The number of anilines is 2. The molecule has 0 aliphatic carbocycles. The highest BCUT2D eigenvalue weighted by atomic mass is 19.1. The molecular weight excluding hydrogens is 250 g/mol. The number of nitrogens with one attached hydrogen (secondary N) is 1. The van der Waals surface area contributed by atoms with E-state index in [1.165, 1.54) is 0 Å². The summed E-state index contributed by atoms with van der Waals surface area (Å²) in [6.07, 6.45) is 2.07. The Morgan fingerprint density at radius 2 is 2.11 bits per heavy atom. The van der Waals surface area contributed by atoms with Gasteiger partial charge < -0.3 is 15.1 Å². The minimum atomic E-state index is -0.662. The molecule has 1 aliphatic heterocycles. The minimum absolute atomic E-state index is 0.0865. The molecule has 6 heteroatoms. The first-order valence-electron chi connectivity index (χ1n) is 6.48. The van der Waals surface area contributed by atoms with Crippen molar-refractivity contribution in [3.8, 4) is 0 Å². The molecule has 1 unspecified atom stereocenters. The molecule has 0 radical (unpaired) electrons. The Morgan fingerprint density at radius 1 is 1.37 bits per heavy atom. The summed E-state index contributed by atoms with van der Waals surface area (Å²) in [5, 5.41) is 2.65. The molecule has 2 heterocycles. The van der Waals surface area contributed by atoms with Gasteiger partial charge in [0.2, 0.25) is 0 Å². The van der Waals surface area contributed by atoms with Crippen molar-refractivity contribution in [3.05, 3.63) is 17.7 Å². The van der Waals surface area contributed by atoms with E-state index in [4.69, 9.17) is 0 Å². The van der Waals surface area contributed by atoms with Crippen LogP contribution in [-0.2, 0) is 0 Å². The van der Waals surface area contributed by atoms with Gasteiger partial charge >= 0.3 is 0 Å². The number of halogens is 2. The summed E-state index contributed by atoms with van der Waals surface area (Å²) in [5.74, 6) is -0.943. The molecule has 1 aromatic rings. The largest absolute Gasteiger partial charge is 0.371 e. The fourth-order valence-electron chi connectivity index (χ4n) is 2.42. The Labute approximate surface area is 112 Å². The third-order valence-electron chi connectivity index (χ3n) is 3.57. The Kier molecular flexibility index (Phi) is 4.19. The van der Waals surface area contributed by atoms with Crippen LogP contribution in [0.15, 0.2) is 6.07 Å². The van der Waals surface area contributed by atoms with Crippen LogP contribution in [0.5, 0.6) is 0 Å². The molecule has 1 aromatic heterocycles. The smallest absolute Gasteiger partial charge is 0.168 e. The van der Waals surface area contributed by atoms with Crippen LogP contribution in [0.3, 0.4) is 0 Å². The Bertz CT molecular complexity index is 451. The van der Waals surface area contributed by atoms with Crippen LogP contribution in [0.2, 0.25) is 0 Å². The van der Waals surface area contributed by atoms with Crippen LogP contribution in [0.4, 0.5) is 20.4 Å². The first kappa shape index (κ1) is 14.0. The van der Waals surface area contributed by atoms with E-state index in [0.717, 1.165) is 25.5 Å². The number of rotatable bonds is 3. The van der Waals surface area contributed by atoms with Gasteiger partial charge in [-0.05, 0) is 26.9 Å². The lowest BCUT2D eigenvalue weighted by Crippen LogP contribution is -2.45. The maximum Gasteiger partial charge on any atom is 0.168 e. The summed E-state index contributed by atoms with van der Waals surface area (Å²) in [7, 11) is 5.61. The summed E-state index contributed by atoms with van der Waals surface area (Å²) in [4.78, 5) is 8.08. The molecule has 0 amide bonds. The van der Waals surface area contributed by atoms with Crippen LogP contribution in [0.1, 0.15) is 12.8 Å². The second-order valence-corrected chi connectivity index (χ2v) is 5.08. The molecule has 1 N–H and O–H groups in total. The monoisotopic (exact) mass is 270 g/mol. The summed E-state index contributed by atoms with van der Waals surface area (Å²) in [6.45, 7) is 1.47. The predicted octanol–water partition coefficient (Wildman–Crippen LogP) is 1.93. The molecule has 4 nitrogen and oxygen atoms in total. The van der Waals surface area contributed by atoms with Gasteiger partial charge in [0.25, 0.3) is 0 Å². The van der Waals surface area contributed by atoms with E-state index >= 15 is 0 Å². The van der Waals surface area contributed by atoms with E-state index in [1.807, 2.05) is 19.0 Å². The van der Waals surface area contributed by atoms with Crippen LogP contribution in [0.25, 0.3) is 0 Å². The number of likely N-dealkylation sites (N-methyl/N-ethyl adjacent to an activating group) is 1. The van der Waals surface area contributed by atoms with Crippen molar-refractivity contribution in [1.29, 1.82) is 0 Å². The van der Waals surface area contributed by atoms with E-state index < -0.39 is 11.6 Å². The molecule has 1 atom stereocenters. The predicted molar refractivity (Wildman–Crippen MR) is 72.6 cm³/mol. The maximum absolute atomic E-state index is 13.9. The highest BCUT2D eigenvalue weighted by Gasteiger charge is 2.25. The number of piperidine rings is 1. The molecule has 0 bridgehead atoms. The Balaban J connectivity index is 2.25. The van der Waals surface area contributed by atoms with Crippen molar-refractivity contribution in [1.82, 2.24) is 9.88 Å². The van der Waals surface area contributed by atoms with Crippen LogP contribution in [-0.4, -0.2) is 50.2 Å². The molecule has 1 aliphatic rings. The van der Waals surface area contributed by atoms with Gasteiger partial charge in [0.15, 0.2) is 23.3 Å². The zero-order valence-electron chi connectivity index (χ0n) is 11.6. The van der Waals surface area contributed by atoms with Gasteiger partial charge in [0.1, 0.15) is 0 Å². The second-order valence-electron chi connectivity index (χ2n) is 5.08. The van der Waals surface area contributed by atoms with Gasteiger partial charge in [0.05, 0.1) is 0 Å². The SMILES string of the molecule is CNc1nc(N2CCCC(N(C)C)C2)c(F)cc1F. The normalized spacial score (nSPS) is 19.9. The van der Waals surface area contributed by atoms with Crippen LogP contribution < -0.4 is 10.2 Å². The number of hydrogen-bond acceptors (Lipinski definition) is 4. The lowest BCUT2D eigenvalue weighted by atomic mass is 10.0. The highest BCUT2D eigenvalue weighted by Crippen LogP contribution is 2.25. The summed E-state index contributed by atoms with van der Waals surface area (Å²) >= 11 is 0. The topological polar surface area (TPSA) is 31.4 Å². The van der Waals surface area contributed by atoms with E-state index in [-0.39, 0.29) is 11.6 Å². The zero-order valence-corrected chi connectivity index (χ0v) is 11.6. The van der Waals surface area contributed by atoms with Gasteiger partial charge in [0, 0.05) is 32.2 Å². The Morgan fingerprint density at radius 3 is 2.74 bits per heavy atom. The molecular formula is C13H20F2N4. The summed E-state index contributed by atoms with van der Waals surface area (Å²) < 4.78 is 27.3. The van der Waals surface area contributed by atoms with Gasteiger partial charge in [-0.25, -0.2) is 13.8 Å². The second kappa shape index (κ2) is 5.69. The number of pyridine rings is 1. The zero-order chi connectivity index (χ0) is 14.0. The summed E-state index contributed by atoms with van der Waals surface area (Å²) in [5.41, 5.74) is 0. The van der Waals surface area contributed by atoms with Crippen molar-refractivity contribution >= 4 is 11.6 Å². The standard InChI is InChI=1S/C13H20F2N4/c1-16-12-10(14)7-11(15)13(17-12)19-6-4-5-9(8-19)18(2)3/h7,9H,4-6,8H2,1-3H3,(H,16,17). The fraction of sp³-hybridized carbons (Fsp3) is 0.615. The van der Waals surface area contributed by atoms with Crippen LogP contribution >= 0.6 is 0 Å². The lowest BCUT2D eigenvalue weighted by Gasteiger charge is -2.37. The molecule has 19 heavy (non-hydrogen) atoms. The first-order chi connectivity index (χ1) is 9.02. The van der Waals surface area contributed by atoms with E-state index in [9.17, 15) is 8.78 Å². The number of aromatic nitrogens is 1. The average Bonchev–Trinajstić information content (AvgIpc) is 2.39. The van der Waals surface area contributed by atoms with Crippen molar-refractivity contribution in [2.24, 2.45) is 0 Å². The molecule has 106 valence electrons.